The van der Waals surface area contributed by atoms with Crippen LogP contribution in [0.1, 0.15) is 23.7 Å². The summed E-state index contributed by atoms with van der Waals surface area (Å²) < 4.78 is 23.4. The first-order valence-electron chi connectivity index (χ1n) is 8.24. The summed E-state index contributed by atoms with van der Waals surface area (Å²) in [7, 11) is -1.26. The second kappa shape index (κ2) is 9.10. The van der Waals surface area contributed by atoms with E-state index in [0.717, 1.165) is 11.1 Å². The van der Waals surface area contributed by atoms with Crippen molar-refractivity contribution in [2.75, 3.05) is 23.9 Å². The predicted molar refractivity (Wildman–Crippen MR) is 107 cm³/mol. The number of sulfone groups is 1. The molecule has 0 atom stereocenters. The van der Waals surface area contributed by atoms with Crippen molar-refractivity contribution in [2.45, 2.75) is 13.3 Å². The van der Waals surface area contributed by atoms with Crippen molar-refractivity contribution in [1.29, 1.82) is 0 Å². The molecule has 0 spiro atoms. The molecule has 0 radical (unpaired) electrons. The van der Waals surface area contributed by atoms with Crippen LogP contribution in [0.2, 0.25) is 0 Å². The van der Waals surface area contributed by atoms with E-state index in [4.69, 9.17) is 5.73 Å². The first-order chi connectivity index (χ1) is 12.5. The van der Waals surface area contributed by atoms with Crippen molar-refractivity contribution in [2.24, 2.45) is 10.7 Å². The lowest BCUT2D eigenvalue weighted by molar-refractivity contribution is 0.596. The third-order valence-corrected chi connectivity index (χ3v) is 5.47. The summed E-state index contributed by atoms with van der Waals surface area (Å²) in [5.74, 6) is 0.786. The van der Waals surface area contributed by atoms with Gasteiger partial charge in [-0.05, 0) is 30.2 Å². The Morgan fingerprint density at radius 2 is 2.15 bits per heavy atom. The van der Waals surface area contributed by atoms with E-state index in [1.165, 1.54) is 6.34 Å². The Hall–Kier alpha value is -2.74. The second-order valence-electron chi connectivity index (χ2n) is 5.55. The highest BCUT2D eigenvalue weighted by atomic mass is 32.2. The van der Waals surface area contributed by atoms with E-state index in [0.29, 0.717) is 23.8 Å². The number of hydrogen-bond donors (Lipinski definition) is 2. The summed E-state index contributed by atoms with van der Waals surface area (Å²) in [4.78, 5) is 12.7. The first kappa shape index (κ1) is 19.6. The first-order valence-corrected chi connectivity index (χ1v) is 10.1. The molecule has 1 heterocycles. The van der Waals surface area contributed by atoms with Crippen LogP contribution in [0.25, 0.3) is 11.8 Å². The van der Waals surface area contributed by atoms with Gasteiger partial charge in [-0.3, -0.25) is 0 Å². The largest absolute Gasteiger partial charge is 0.390 e. The van der Waals surface area contributed by atoms with E-state index in [1.54, 1.807) is 32.3 Å². The lowest BCUT2D eigenvalue weighted by atomic mass is 10.1. The minimum Gasteiger partial charge on any atom is -0.390 e. The molecule has 0 saturated heterocycles. The van der Waals surface area contributed by atoms with Gasteiger partial charge in [0, 0.05) is 24.6 Å². The Bertz CT molecular complexity index is 907. The summed E-state index contributed by atoms with van der Waals surface area (Å²) in [5, 5.41) is 2.89. The molecule has 1 aromatic heterocycles. The smallest absolute Gasteiger partial charge is 0.222 e. The maximum atomic E-state index is 11.7. The highest BCUT2D eigenvalue weighted by Gasteiger charge is 2.09. The zero-order valence-corrected chi connectivity index (χ0v) is 15.7. The van der Waals surface area contributed by atoms with Gasteiger partial charge in [0.1, 0.15) is 9.84 Å². The summed E-state index contributed by atoms with van der Waals surface area (Å²) in [6.45, 7) is 1.66. The molecule has 0 fully saturated rings. The fourth-order valence-corrected chi connectivity index (χ4v) is 3.13. The van der Waals surface area contributed by atoms with E-state index >= 15 is 0 Å². The van der Waals surface area contributed by atoms with E-state index in [-0.39, 0.29) is 11.5 Å². The molecule has 3 N–H and O–H groups in total. The molecule has 0 amide bonds. The van der Waals surface area contributed by atoms with Gasteiger partial charge in [0.25, 0.3) is 0 Å². The van der Waals surface area contributed by atoms with Crippen LogP contribution in [-0.2, 0) is 16.3 Å². The molecule has 7 nitrogen and oxygen atoms in total. The minimum atomic E-state index is -3.01. The fourth-order valence-electron chi connectivity index (χ4n) is 2.29. The van der Waals surface area contributed by atoms with E-state index in [2.05, 4.69) is 20.3 Å². The van der Waals surface area contributed by atoms with Gasteiger partial charge < -0.3 is 11.1 Å². The molecule has 138 valence electrons. The van der Waals surface area contributed by atoms with Gasteiger partial charge in [-0.25, -0.2) is 23.4 Å². The van der Waals surface area contributed by atoms with E-state index in [9.17, 15) is 8.42 Å². The number of hydrogen-bond acceptors (Lipinski definition) is 6. The number of nitrogens with zero attached hydrogens (tertiary/aromatic N) is 3. The Kier molecular flexibility index (Phi) is 6.85. The zero-order chi connectivity index (χ0) is 19.0. The van der Waals surface area contributed by atoms with Gasteiger partial charge in [-0.2, -0.15) is 0 Å². The number of aryl methyl sites for hydroxylation is 1. The van der Waals surface area contributed by atoms with Gasteiger partial charge in [-0.1, -0.05) is 25.1 Å². The molecule has 0 saturated carbocycles. The van der Waals surface area contributed by atoms with Gasteiger partial charge in [-0.15, -0.1) is 0 Å². The number of nitrogens with one attached hydrogen (secondary N) is 1. The van der Waals surface area contributed by atoms with Crippen LogP contribution < -0.4 is 11.1 Å². The normalized spacial score (nSPS) is 12.5. The van der Waals surface area contributed by atoms with Crippen molar-refractivity contribution in [3.63, 3.8) is 0 Å². The highest BCUT2D eigenvalue weighted by molar-refractivity contribution is 7.91. The van der Waals surface area contributed by atoms with Gasteiger partial charge in [0.15, 0.2) is 0 Å². The molecule has 0 aliphatic heterocycles. The maximum Gasteiger partial charge on any atom is 0.222 e. The molecule has 0 aliphatic carbocycles. The molecule has 8 heteroatoms. The van der Waals surface area contributed by atoms with Crippen LogP contribution in [0.3, 0.4) is 0 Å². The van der Waals surface area contributed by atoms with Crippen LogP contribution in [0.4, 0.5) is 5.95 Å². The summed E-state index contributed by atoms with van der Waals surface area (Å²) in [5.41, 5.74) is 8.57. The number of aromatic nitrogens is 2. The topological polar surface area (TPSA) is 110 Å². The van der Waals surface area contributed by atoms with Crippen LogP contribution in [0.5, 0.6) is 0 Å². The monoisotopic (exact) mass is 373 g/mol. The molecule has 0 bridgehead atoms. The van der Waals surface area contributed by atoms with E-state index < -0.39 is 9.84 Å². The highest BCUT2D eigenvalue weighted by Crippen LogP contribution is 2.20. The van der Waals surface area contributed by atoms with Crippen molar-refractivity contribution in [3.05, 3.63) is 53.3 Å². The number of rotatable bonds is 8. The summed E-state index contributed by atoms with van der Waals surface area (Å²) in [6.07, 6.45) is 5.13. The fraction of sp³-hybridized carbons (Fsp3) is 0.278. The number of aliphatic imine (C=N–C) groups is 1. The molecule has 0 unspecified atom stereocenters. The summed E-state index contributed by atoms with van der Waals surface area (Å²) in [6, 6.07) is 9.37. The van der Waals surface area contributed by atoms with Crippen LogP contribution in [-0.4, -0.2) is 43.3 Å². The third kappa shape index (κ3) is 5.66. The Labute approximate surface area is 154 Å². The third-order valence-electron chi connectivity index (χ3n) is 3.76. The lowest BCUT2D eigenvalue weighted by Gasteiger charge is -2.07. The Morgan fingerprint density at radius 3 is 2.85 bits per heavy atom. The molecule has 0 aliphatic rings. The lowest BCUT2D eigenvalue weighted by Crippen LogP contribution is -2.10. The van der Waals surface area contributed by atoms with Gasteiger partial charge in [0.2, 0.25) is 5.95 Å². The van der Waals surface area contributed by atoms with Crippen LogP contribution >= 0.6 is 0 Å². The zero-order valence-electron chi connectivity index (χ0n) is 14.9. The van der Waals surface area contributed by atoms with Crippen LogP contribution in [0, 0.1) is 0 Å². The molecule has 2 aromatic rings. The van der Waals surface area contributed by atoms with Gasteiger partial charge in [0.05, 0.1) is 23.5 Å². The van der Waals surface area contributed by atoms with Crippen molar-refractivity contribution < 1.29 is 8.42 Å². The van der Waals surface area contributed by atoms with Crippen molar-refractivity contribution in [3.8, 4) is 0 Å². The van der Waals surface area contributed by atoms with Crippen molar-refractivity contribution >= 4 is 33.9 Å². The second-order valence-corrected chi connectivity index (χ2v) is 8.02. The number of nitrogens with two attached hydrogens (primary N) is 1. The molecular weight excluding hydrogens is 350 g/mol. The molecule has 2 rings (SSSR count). The van der Waals surface area contributed by atoms with E-state index in [1.807, 2.05) is 24.3 Å². The van der Waals surface area contributed by atoms with Gasteiger partial charge >= 0.3 is 0 Å². The maximum absolute atomic E-state index is 11.7. The standard InChI is InChI=1S/C18H23N5O2S/c1-3-26(24,25)10-8-14-5-4-6-15(11-14)17(22-13-19)12-16-7-9-21-18(20-2)23-16/h4-7,9,11-13H,3,8,10H2,1-2H3,(H2,19,22)(H,20,21,23). The Morgan fingerprint density at radius 1 is 1.35 bits per heavy atom. The van der Waals surface area contributed by atoms with Crippen LogP contribution in [0.15, 0.2) is 41.5 Å². The Balaban J connectivity index is 2.32. The average Bonchev–Trinajstić information content (AvgIpc) is 2.66. The molecular formula is C18H23N5O2S. The number of anilines is 1. The minimum absolute atomic E-state index is 0.129. The summed E-state index contributed by atoms with van der Waals surface area (Å²) >= 11 is 0. The molecule has 26 heavy (non-hydrogen) atoms. The number of benzene rings is 1. The average molecular weight is 373 g/mol. The predicted octanol–water partition coefficient (Wildman–Crippen LogP) is 1.98. The van der Waals surface area contributed by atoms with Crippen molar-refractivity contribution in [1.82, 2.24) is 9.97 Å². The quantitative estimate of drug-likeness (QED) is 0.541. The molecule has 1 aromatic carbocycles. The SMILES string of the molecule is CCS(=O)(=O)CCc1cccc(C(=Cc2ccnc(NC)n2)N=CN)c1.